The second-order valence-electron chi connectivity index (χ2n) is 5.80. The van der Waals surface area contributed by atoms with Crippen LogP contribution in [-0.4, -0.2) is 15.1 Å². The summed E-state index contributed by atoms with van der Waals surface area (Å²) in [5.41, 5.74) is 0. The average Bonchev–Trinajstić information content (AvgIpc) is 2.63. The summed E-state index contributed by atoms with van der Waals surface area (Å²) in [6.45, 7) is 6.24. The summed E-state index contributed by atoms with van der Waals surface area (Å²) in [6, 6.07) is 21.2. The summed E-state index contributed by atoms with van der Waals surface area (Å²) < 4.78 is 6.54. The first kappa shape index (κ1) is 17.7. The van der Waals surface area contributed by atoms with Crippen LogP contribution in [0, 0.1) is 0 Å². The molecule has 121 valence electrons. The van der Waals surface area contributed by atoms with Crippen LogP contribution in [0.3, 0.4) is 0 Å². The molecule has 2 rings (SSSR count). The molecule has 0 aromatic heterocycles. The van der Waals surface area contributed by atoms with E-state index in [4.69, 9.17) is 4.43 Å². The summed E-state index contributed by atoms with van der Waals surface area (Å²) in [5, 5.41) is 2.59. The molecule has 2 heteroatoms. The van der Waals surface area contributed by atoms with Gasteiger partial charge in [0.15, 0.2) is 0 Å². The van der Waals surface area contributed by atoms with Gasteiger partial charge in [-0.25, -0.2) is 0 Å². The molecule has 0 amide bonds. The minimum atomic E-state index is -1.22. The van der Waals surface area contributed by atoms with Gasteiger partial charge in [0.05, 0.1) is 6.10 Å². The minimum absolute atomic E-state index is 0.140. The van der Waals surface area contributed by atoms with Crippen LogP contribution in [0.1, 0.15) is 39.0 Å². The third kappa shape index (κ3) is 5.81. The van der Waals surface area contributed by atoms with E-state index in [1.54, 1.807) is 0 Å². The molecule has 0 spiro atoms. The van der Waals surface area contributed by atoms with Gasteiger partial charge in [-0.15, -0.1) is 6.58 Å². The average molecular weight is 324 g/mol. The molecule has 1 atom stereocenters. The fourth-order valence-corrected chi connectivity index (χ4v) is 4.74. The Kier molecular flexibility index (Phi) is 7.85. The van der Waals surface area contributed by atoms with E-state index in [0.29, 0.717) is 0 Å². The standard InChI is InChI=1S/C21H27OSi/c1-3-5-6-9-14-19(4-2)22-23(20-15-10-7-11-16-20)21-17-12-8-13-18-21/h4,7-8,10-13,15-19H,2-3,5-6,9,14H2,1H3. The number of benzene rings is 2. The SMILES string of the molecule is C=CC(CCCCCC)O[Si](c1ccccc1)c1ccccc1. The first-order chi connectivity index (χ1) is 11.3. The van der Waals surface area contributed by atoms with Crippen LogP contribution in [-0.2, 0) is 4.43 Å². The van der Waals surface area contributed by atoms with Gasteiger partial charge >= 0.3 is 0 Å². The van der Waals surface area contributed by atoms with E-state index in [0.717, 1.165) is 6.42 Å². The second kappa shape index (κ2) is 10.2. The number of hydrogen-bond donors (Lipinski definition) is 0. The van der Waals surface area contributed by atoms with E-state index in [-0.39, 0.29) is 6.10 Å². The maximum absolute atomic E-state index is 6.54. The molecule has 0 aliphatic heterocycles. The molecule has 0 aliphatic rings. The maximum Gasteiger partial charge on any atom is 0.283 e. The summed E-state index contributed by atoms with van der Waals surface area (Å²) >= 11 is 0. The van der Waals surface area contributed by atoms with Gasteiger partial charge in [-0.05, 0) is 16.8 Å². The molecule has 0 saturated carbocycles. The molecule has 0 fully saturated rings. The van der Waals surface area contributed by atoms with Crippen LogP contribution >= 0.6 is 0 Å². The lowest BCUT2D eigenvalue weighted by Gasteiger charge is -2.22. The zero-order valence-electron chi connectivity index (χ0n) is 14.1. The Morgan fingerprint density at radius 1 is 0.913 bits per heavy atom. The van der Waals surface area contributed by atoms with Gasteiger partial charge in [-0.3, -0.25) is 0 Å². The highest BCUT2D eigenvalue weighted by atomic mass is 28.3. The highest BCUT2D eigenvalue weighted by Gasteiger charge is 2.22. The summed E-state index contributed by atoms with van der Waals surface area (Å²) in [7, 11) is -1.22. The molecular formula is C21H27OSi. The van der Waals surface area contributed by atoms with Gasteiger partial charge < -0.3 is 4.43 Å². The smallest absolute Gasteiger partial charge is 0.283 e. The van der Waals surface area contributed by atoms with Gasteiger partial charge in [-0.2, -0.15) is 0 Å². The summed E-state index contributed by atoms with van der Waals surface area (Å²) in [4.78, 5) is 0. The largest absolute Gasteiger partial charge is 0.401 e. The zero-order valence-corrected chi connectivity index (χ0v) is 15.1. The number of hydrogen-bond acceptors (Lipinski definition) is 1. The van der Waals surface area contributed by atoms with E-state index in [1.807, 2.05) is 6.08 Å². The molecule has 0 heterocycles. The lowest BCUT2D eigenvalue weighted by Crippen LogP contribution is -2.46. The molecular weight excluding hydrogens is 296 g/mol. The van der Waals surface area contributed by atoms with Crippen molar-refractivity contribution < 1.29 is 4.43 Å². The molecule has 1 radical (unpaired) electrons. The molecule has 1 nitrogen and oxygen atoms in total. The first-order valence-corrected chi connectivity index (χ1v) is 10.0. The lowest BCUT2D eigenvalue weighted by atomic mass is 10.1. The Hall–Kier alpha value is -1.64. The van der Waals surface area contributed by atoms with Crippen molar-refractivity contribution in [2.24, 2.45) is 0 Å². The first-order valence-electron chi connectivity index (χ1n) is 8.62. The molecule has 0 bridgehead atoms. The van der Waals surface area contributed by atoms with Crippen molar-refractivity contribution in [3.63, 3.8) is 0 Å². The predicted octanol–water partition coefficient (Wildman–Crippen LogP) is 4.33. The van der Waals surface area contributed by atoms with E-state index >= 15 is 0 Å². The third-order valence-corrected chi connectivity index (χ3v) is 6.20. The van der Waals surface area contributed by atoms with Crippen molar-refractivity contribution in [2.45, 2.75) is 45.1 Å². The molecule has 2 aromatic carbocycles. The van der Waals surface area contributed by atoms with Gasteiger partial charge in [-0.1, -0.05) is 99.3 Å². The van der Waals surface area contributed by atoms with Crippen LogP contribution in [0.15, 0.2) is 73.3 Å². The van der Waals surface area contributed by atoms with Crippen LogP contribution < -0.4 is 10.4 Å². The summed E-state index contributed by atoms with van der Waals surface area (Å²) in [6.07, 6.45) is 8.24. The van der Waals surface area contributed by atoms with Crippen LogP contribution in [0.25, 0.3) is 0 Å². The summed E-state index contributed by atoms with van der Waals surface area (Å²) in [5.74, 6) is 0. The highest BCUT2D eigenvalue weighted by Crippen LogP contribution is 2.10. The molecule has 0 saturated heterocycles. The molecule has 1 unspecified atom stereocenters. The van der Waals surface area contributed by atoms with Gasteiger partial charge in [0.2, 0.25) is 0 Å². The number of rotatable bonds is 10. The van der Waals surface area contributed by atoms with E-state index in [1.165, 1.54) is 36.1 Å². The van der Waals surface area contributed by atoms with Gasteiger partial charge in [0, 0.05) is 0 Å². The van der Waals surface area contributed by atoms with E-state index in [9.17, 15) is 0 Å². The molecule has 23 heavy (non-hydrogen) atoms. The Labute approximate surface area is 142 Å². The maximum atomic E-state index is 6.54. The van der Waals surface area contributed by atoms with Crippen LogP contribution in [0.4, 0.5) is 0 Å². The lowest BCUT2D eigenvalue weighted by molar-refractivity contribution is 0.243. The highest BCUT2D eigenvalue weighted by molar-refractivity contribution is 6.80. The van der Waals surface area contributed by atoms with Crippen molar-refractivity contribution >= 4 is 19.4 Å². The van der Waals surface area contributed by atoms with Crippen molar-refractivity contribution in [3.05, 3.63) is 73.3 Å². The molecule has 0 aliphatic carbocycles. The Morgan fingerprint density at radius 3 is 1.96 bits per heavy atom. The second-order valence-corrected chi connectivity index (χ2v) is 7.85. The minimum Gasteiger partial charge on any atom is -0.401 e. The van der Waals surface area contributed by atoms with Crippen LogP contribution in [0.2, 0.25) is 0 Å². The molecule has 0 N–H and O–H groups in total. The fraction of sp³-hybridized carbons (Fsp3) is 0.333. The third-order valence-electron chi connectivity index (χ3n) is 3.95. The van der Waals surface area contributed by atoms with Crippen molar-refractivity contribution in [3.8, 4) is 0 Å². The van der Waals surface area contributed by atoms with Gasteiger partial charge in [0.25, 0.3) is 9.04 Å². The normalized spacial score (nSPS) is 12.3. The van der Waals surface area contributed by atoms with Crippen LogP contribution in [0.5, 0.6) is 0 Å². The predicted molar refractivity (Wildman–Crippen MR) is 102 cm³/mol. The quantitative estimate of drug-likeness (QED) is 0.359. The molecule has 2 aromatic rings. The van der Waals surface area contributed by atoms with Gasteiger partial charge in [0.1, 0.15) is 0 Å². The zero-order chi connectivity index (χ0) is 16.3. The fourth-order valence-electron chi connectivity index (χ4n) is 2.63. The van der Waals surface area contributed by atoms with Crippen molar-refractivity contribution in [2.75, 3.05) is 0 Å². The Bertz CT molecular complexity index is 513. The number of unbranched alkanes of at least 4 members (excludes halogenated alkanes) is 3. The van der Waals surface area contributed by atoms with E-state index in [2.05, 4.69) is 74.2 Å². The Balaban J connectivity index is 2.09. The Morgan fingerprint density at radius 2 is 1.48 bits per heavy atom. The topological polar surface area (TPSA) is 9.23 Å². The van der Waals surface area contributed by atoms with E-state index < -0.39 is 9.04 Å². The van der Waals surface area contributed by atoms with Crippen molar-refractivity contribution in [1.82, 2.24) is 0 Å². The van der Waals surface area contributed by atoms with Crippen molar-refractivity contribution in [1.29, 1.82) is 0 Å². The monoisotopic (exact) mass is 323 g/mol.